The second-order valence-corrected chi connectivity index (χ2v) is 4.18. The molecule has 0 radical (unpaired) electrons. The summed E-state index contributed by atoms with van der Waals surface area (Å²) in [7, 11) is 1.29. The molecule has 1 atom stereocenters. The molecule has 0 bridgehead atoms. The largest absolute Gasteiger partial charge is 0.467 e. The zero-order chi connectivity index (χ0) is 14.3. The topological polar surface area (TPSA) is 55.4 Å². The molecule has 4 heteroatoms. The molecule has 1 N–H and O–H groups in total. The fourth-order valence-electron chi connectivity index (χ4n) is 1.53. The summed E-state index contributed by atoms with van der Waals surface area (Å²) in [5.74, 6) is -0.786. The second-order valence-electron chi connectivity index (χ2n) is 4.18. The van der Waals surface area contributed by atoms with Gasteiger partial charge in [0.25, 0.3) is 0 Å². The lowest BCUT2D eigenvalue weighted by atomic mass is 10.1. The minimum absolute atomic E-state index is 0.322. The summed E-state index contributed by atoms with van der Waals surface area (Å²) in [5.41, 5.74) is 2.19. The maximum Gasteiger partial charge on any atom is 0.328 e. The Balaban J connectivity index is 2.55. The summed E-state index contributed by atoms with van der Waals surface area (Å²) in [4.78, 5) is 22.7. The average Bonchev–Trinajstić information content (AvgIpc) is 2.44. The summed E-state index contributed by atoms with van der Waals surface area (Å²) >= 11 is 0. The molecule has 0 aliphatic carbocycles. The van der Waals surface area contributed by atoms with E-state index in [1.54, 1.807) is 13.0 Å². The van der Waals surface area contributed by atoms with Crippen molar-refractivity contribution in [2.45, 2.75) is 26.3 Å². The predicted octanol–water partition coefficient (Wildman–Crippen LogP) is 1.94. The molecule has 0 heterocycles. The molecule has 0 unspecified atom stereocenters. The van der Waals surface area contributed by atoms with Crippen molar-refractivity contribution in [3.8, 4) is 0 Å². The predicted molar refractivity (Wildman–Crippen MR) is 74.5 cm³/mol. The number of methoxy groups -OCH3 is 1. The SMILES string of the molecule is CCc1ccc(/C=C/C(=O)N[C@@H](C)C(=O)OC)cc1. The third-order valence-corrected chi connectivity index (χ3v) is 2.73. The number of amides is 1. The third-order valence-electron chi connectivity index (χ3n) is 2.73. The van der Waals surface area contributed by atoms with Crippen molar-refractivity contribution < 1.29 is 14.3 Å². The van der Waals surface area contributed by atoms with Crippen molar-refractivity contribution >= 4 is 18.0 Å². The number of esters is 1. The Morgan fingerprint density at radius 1 is 1.32 bits per heavy atom. The first-order chi connectivity index (χ1) is 9.06. The number of carbonyl (C=O) groups is 2. The Morgan fingerprint density at radius 2 is 1.95 bits per heavy atom. The van der Waals surface area contributed by atoms with E-state index in [0.717, 1.165) is 12.0 Å². The molecule has 1 amide bonds. The van der Waals surface area contributed by atoms with Gasteiger partial charge in [0.2, 0.25) is 5.91 Å². The molecule has 102 valence electrons. The van der Waals surface area contributed by atoms with Gasteiger partial charge >= 0.3 is 5.97 Å². The quantitative estimate of drug-likeness (QED) is 0.651. The van der Waals surface area contributed by atoms with Crippen molar-refractivity contribution in [3.05, 3.63) is 41.5 Å². The van der Waals surface area contributed by atoms with Gasteiger partial charge in [-0.1, -0.05) is 31.2 Å². The van der Waals surface area contributed by atoms with Gasteiger partial charge in [-0.15, -0.1) is 0 Å². The highest BCUT2D eigenvalue weighted by molar-refractivity contribution is 5.94. The zero-order valence-electron chi connectivity index (χ0n) is 11.5. The summed E-state index contributed by atoms with van der Waals surface area (Å²) in [6.07, 6.45) is 4.10. The van der Waals surface area contributed by atoms with Crippen LogP contribution in [0.3, 0.4) is 0 Å². The van der Waals surface area contributed by atoms with Crippen LogP contribution in [0.5, 0.6) is 0 Å². The maximum absolute atomic E-state index is 11.6. The minimum atomic E-state index is -0.649. The number of benzene rings is 1. The number of hydrogen-bond acceptors (Lipinski definition) is 3. The number of carbonyl (C=O) groups excluding carboxylic acids is 2. The number of nitrogens with one attached hydrogen (secondary N) is 1. The van der Waals surface area contributed by atoms with Gasteiger partial charge in [-0.2, -0.15) is 0 Å². The van der Waals surface area contributed by atoms with Crippen molar-refractivity contribution in [1.82, 2.24) is 5.32 Å². The molecular formula is C15H19NO3. The smallest absolute Gasteiger partial charge is 0.328 e. The Morgan fingerprint density at radius 3 is 2.47 bits per heavy atom. The number of hydrogen-bond donors (Lipinski definition) is 1. The summed E-state index contributed by atoms with van der Waals surface area (Å²) in [5, 5.41) is 2.52. The van der Waals surface area contributed by atoms with E-state index in [1.165, 1.54) is 18.7 Å². The first kappa shape index (κ1) is 15.0. The molecule has 0 saturated heterocycles. The monoisotopic (exact) mass is 261 g/mol. The Labute approximate surface area is 113 Å². The number of ether oxygens (including phenoxy) is 1. The molecule has 1 aromatic rings. The molecule has 0 aliphatic heterocycles. The molecule has 0 spiro atoms. The minimum Gasteiger partial charge on any atom is -0.467 e. The molecule has 0 aliphatic rings. The Hall–Kier alpha value is -2.10. The van der Waals surface area contributed by atoms with Gasteiger partial charge in [-0.25, -0.2) is 4.79 Å². The van der Waals surface area contributed by atoms with Crippen molar-refractivity contribution in [3.63, 3.8) is 0 Å². The van der Waals surface area contributed by atoms with Crippen LogP contribution in [0.4, 0.5) is 0 Å². The molecule has 0 aromatic heterocycles. The van der Waals surface area contributed by atoms with E-state index in [0.29, 0.717) is 0 Å². The Kier molecular flexibility index (Phi) is 5.79. The van der Waals surface area contributed by atoms with Crippen LogP contribution in [0, 0.1) is 0 Å². The van der Waals surface area contributed by atoms with Gasteiger partial charge in [-0.05, 0) is 30.5 Å². The van der Waals surface area contributed by atoms with Crippen LogP contribution in [0.1, 0.15) is 25.0 Å². The highest BCUT2D eigenvalue weighted by atomic mass is 16.5. The van der Waals surface area contributed by atoms with E-state index in [4.69, 9.17) is 0 Å². The van der Waals surface area contributed by atoms with Crippen molar-refractivity contribution in [2.24, 2.45) is 0 Å². The molecule has 0 fully saturated rings. The zero-order valence-corrected chi connectivity index (χ0v) is 11.5. The highest BCUT2D eigenvalue weighted by Crippen LogP contribution is 2.06. The number of aryl methyl sites for hydroxylation is 1. The second kappa shape index (κ2) is 7.36. The van der Waals surface area contributed by atoms with E-state index in [9.17, 15) is 9.59 Å². The summed E-state index contributed by atoms with van der Waals surface area (Å²) < 4.78 is 4.52. The lowest BCUT2D eigenvalue weighted by Gasteiger charge is -2.09. The van der Waals surface area contributed by atoms with Gasteiger partial charge in [0.05, 0.1) is 7.11 Å². The summed E-state index contributed by atoms with van der Waals surface area (Å²) in [6, 6.07) is 7.30. The summed E-state index contributed by atoms with van der Waals surface area (Å²) in [6.45, 7) is 3.67. The first-order valence-electron chi connectivity index (χ1n) is 6.22. The third kappa shape index (κ3) is 4.95. The van der Waals surface area contributed by atoms with E-state index < -0.39 is 12.0 Å². The maximum atomic E-state index is 11.6. The van der Waals surface area contributed by atoms with Crippen LogP contribution in [0.15, 0.2) is 30.3 Å². The van der Waals surface area contributed by atoms with Crippen molar-refractivity contribution in [2.75, 3.05) is 7.11 Å². The molecule has 0 saturated carbocycles. The number of rotatable bonds is 5. The molecule has 1 aromatic carbocycles. The van der Waals surface area contributed by atoms with Gasteiger partial charge in [0.15, 0.2) is 0 Å². The normalized spacial score (nSPS) is 12.2. The van der Waals surface area contributed by atoms with Crippen LogP contribution in [-0.4, -0.2) is 25.0 Å². The average molecular weight is 261 g/mol. The van der Waals surface area contributed by atoms with Crippen LogP contribution < -0.4 is 5.32 Å². The van der Waals surface area contributed by atoms with Gasteiger partial charge < -0.3 is 10.1 Å². The molecule has 19 heavy (non-hydrogen) atoms. The first-order valence-corrected chi connectivity index (χ1v) is 6.22. The van der Waals surface area contributed by atoms with Crippen LogP contribution >= 0.6 is 0 Å². The van der Waals surface area contributed by atoms with E-state index in [1.807, 2.05) is 24.3 Å². The fourth-order valence-corrected chi connectivity index (χ4v) is 1.53. The molecular weight excluding hydrogens is 242 g/mol. The van der Waals surface area contributed by atoms with E-state index in [2.05, 4.69) is 17.0 Å². The van der Waals surface area contributed by atoms with Crippen molar-refractivity contribution in [1.29, 1.82) is 0 Å². The lowest BCUT2D eigenvalue weighted by molar-refractivity contribution is -0.144. The van der Waals surface area contributed by atoms with Crippen LogP contribution in [-0.2, 0) is 20.7 Å². The standard InChI is InChI=1S/C15H19NO3/c1-4-12-5-7-13(8-6-12)9-10-14(17)16-11(2)15(18)19-3/h5-11H,4H2,1-3H3,(H,16,17)/b10-9+/t11-/m0/s1. The Bertz CT molecular complexity index is 463. The van der Waals surface area contributed by atoms with Gasteiger partial charge in [0, 0.05) is 6.08 Å². The fraction of sp³-hybridized carbons (Fsp3) is 0.333. The lowest BCUT2D eigenvalue weighted by Crippen LogP contribution is -2.38. The molecule has 1 rings (SSSR count). The molecule has 4 nitrogen and oxygen atoms in total. The van der Waals surface area contributed by atoms with E-state index >= 15 is 0 Å². The van der Waals surface area contributed by atoms with Crippen LogP contribution in [0.2, 0.25) is 0 Å². The van der Waals surface area contributed by atoms with Gasteiger partial charge in [0.1, 0.15) is 6.04 Å². The van der Waals surface area contributed by atoms with E-state index in [-0.39, 0.29) is 5.91 Å². The highest BCUT2D eigenvalue weighted by Gasteiger charge is 2.13. The van der Waals surface area contributed by atoms with Crippen LogP contribution in [0.25, 0.3) is 6.08 Å². The van der Waals surface area contributed by atoms with Gasteiger partial charge in [-0.3, -0.25) is 4.79 Å².